The summed E-state index contributed by atoms with van der Waals surface area (Å²) in [7, 11) is 0. The lowest BCUT2D eigenvalue weighted by atomic mass is 9.93. The summed E-state index contributed by atoms with van der Waals surface area (Å²) in [6.07, 6.45) is 11.9. The molecule has 0 unspecified atom stereocenters. The zero-order chi connectivity index (χ0) is 45.4. The van der Waals surface area contributed by atoms with Crippen molar-refractivity contribution in [1.29, 1.82) is 0 Å². The molecular weight excluding hydrogens is 789 g/mol. The number of ketones is 2. The summed E-state index contributed by atoms with van der Waals surface area (Å²) in [5, 5.41) is 36.2. The minimum atomic E-state index is -1.28. The maximum atomic E-state index is 12.6. The first kappa shape index (κ1) is 54.2. The number of rotatable bonds is 38. The fraction of sp³-hybridized carbons (Fsp3) is 0.689. The van der Waals surface area contributed by atoms with Crippen LogP contribution in [0.2, 0.25) is 0 Å². The van der Waals surface area contributed by atoms with E-state index in [1.165, 1.54) is 12.1 Å². The molecule has 0 heterocycles. The van der Waals surface area contributed by atoms with E-state index in [2.05, 4.69) is 16.0 Å². The maximum absolute atomic E-state index is 12.6. The van der Waals surface area contributed by atoms with Crippen molar-refractivity contribution in [2.45, 2.75) is 167 Å². The molecule has 1 aromatic carbocycles. The molecule has 61 heavy (non-hydrogen) atoms. The Morgan fingerprint density at radius 3 is 1.82 bits per heavy atom. The molecule has 16 heteroatoms. The van der Waals surface area contributed by atoms with E-state index >= 15 is 0 Å². The first-order valence-electron chi connectivity index (χ1n) is 22.2. The van der Waals surface area contributed by atoms with Crippen LogP contribution in [0.1, 0.15) is 165 Å². The van der Waals surface area contributed by atoms with Gasteiger partial charge in [0.25, 0.3) is 0 Å². The first-order valence-corrected chi connectivity index (χ1v) is 22.2. The average molecular weight is 861 g/mol. The van der Waals surface area contributed by atoms with E-state index in [1.54, 1.807) is 12.1 Å². The molecule has 0 bridgehead atoms. The van der Waals surface area contributed by atoms with Crippen LogP contribution in [0.3, 0.4) is 0 Å². The molecule has 0 aliphatic rings. The second kappa shape index (κ2) is 32.9. The number of carboxylic acids is 3. The number of hydrogen-bond acceptors (Lipinski definition) is 10. The second-order valence-electron chi connectivity index (χ2n) is 15.7. The van der Waals surface area contributed by atoms with E-state index < -0.39 is 47.6 Å². The fourth-order valence-electron chi connectivity index (χ4n) is 6.83. The van der Waals surface area contributed by atoms with Gasteiger partial charge in [-0.2, -0.15) is 0 Å². The SMILES string of the molecule is CCC(=O)[C@@H](CC)CCCCNC(=O)[C@@H](N)CCCCNC(=O)CC[C@H](CC(=O)CC[C@H](NC(=O)CCCCCCCCCCOc1ccc(C(=O)O)cc1)C(=O)O)C(=O)O. The van der Waals surface area contributed by atoms with Gasteiger partial charge in [0, 0.05) is 51.1 Å². The van der Waals surface area contributed by atoms with E-state index in [4.69, 9.17) is 15.6 Å². The Hall–Kier alpha value is -4.86. The third kappa shape index (κ3) is 26.2. The van der Waals surface area contributed by atoms with Crippen LogP contribution >= 0.6 is 0 Å². The number of nitrogens with one attached hydrogen (secondary N) is 3. The molecule has 8 N–H and O–H groups in total. The molecule has 0 spiro atoms. The van der Waals surface area contributed by atoms with Crippen LogP contribution in [0.25, 0.3) is 0 Å². The van der Waals surface area contributed by atoms with Crippen molar-refractivity contribution in [1.82, 2.24) is 16.0 Å². The maximum Gasteiger partial charge on any atom is 0.335 e. The van der Waals surface area contributed by atoms with Crippen molar-refractivity contribution in [3.05, 3.63) is 29.8 Å². The number of aromatic carboxylic acids is 1. The molecular formula is C45H72N4O12. The Morgan fingerprint density at radius 1 is 0.623 bits per heavy atom. The van der Waals surface area contributed by atoms with E-state index in [0.29, 0.717) is 57.6 Å². The number of amides is 3. The lowest BCUT2D eigenvalue weighted by Crippen LogP contribution is -2.41. The number of unbranched alkanes of at least 4 members (excludes halogenated alkanes) is 9. The summed E-state index contributed by atoms with van der Waals surface area (Å²) >= 11 is 0. The highest BCUT2D eigenvalue weighted by Crippen LogP contribution is 2.18. The van der Waals surface area contributed by atoms with E-state index in [0.717, 1.165) is 70.6 Å². The smallest absolute Gasteiger partial charge is 0.335 e. The fourth-order valence-corrected chi connectivity index (χ4v) is 6.83. The number of benzene rings is 1. The average Bonchev–Trinajstić information content (AvgIpc) is 3.23. The summed E-state index contributed by atoms with van der Waals surface area (Å²) < 4.78 is 5.64. The summed E-state index contributed by atoms with van der Waals surface area (Å²) in [6.45, 7) is 5.23. The third-order valence-corrected chi connectivity index (χ3v) is 10.7. The molecule has 4 atom stereocenters. The van der Waals surface area contributed by atoms with Crippen molar-refractivity contribution >= 4 is 47.2 Å². The van der Waals surface area contributed by atoms with Gasteiger partial charge < -0.3 is 41.7 Å². The molecule has 0 saturated heterocycles. The minimum absolute atomic E-state index is 0.0752. The molecule has 0 radical (unpaired) electrons. The van der Waals surface area contributed by atoms with Crippen LogP contribution in [0.5, 0.6) is 5.75 Å². The summed E-state index contributed by atoms with van der Waals surface area (Å²) in [4.78, 5) is 96.1. The number of Topliss-reactive ketones (excluding diaryl/α,β-unsaturated/α-hetero) is 2. The predicted octanol–water partition coefficient (Wildman–Crippen LogP) is 5.97. The van der Waals surface area contributed by atoms with E-state index in [1.807, 2.05) is 13.8 Å². The van der Waals surface area contributed by atoms with Crippen LogP contribution in [-0.2, 0) is 33.6 Å². The standard InChI is InChI=1S/C45H72N4O12/c1-3-32(39(51)4-2)17-12-14-29-48-42(54)37(46)18-13-15-28-47-40(52)27-22-34(44(57)58)31-35(50)23-26-38(45(59)60)49-41(53)19-11-9-7-5-6-8-10-16-30-61-36-24-20-33(21-25-36)43(55)56/h20-21,24-25,32,34,37-38H,3-19,22-23,26-31,46H2,1-2H3,(H,47,52)(H,48,54)(H,49,53)(H,55,56)(H,57,58)(H,59,60)/t32-,34+,37-,38-/m0/s1. The number of carbonyl (C=O) groups is 8. The van der Waals surface area contributed by atoms with Gasteiger partial charge in [0.2, 0.25) is 17.7 Å². The normalized spacial score (nSPS) is 13.0. The van der Waals surface area contributed by atoms with Gasteiger partial charge in [-0.05, 0) is 88.5 Å². The van der Waals surface area contributed by atoms with Gasteiger partial charge in [0.1, 0.15) is 23.4 Å². The van der Waals surface area contributed by atoms with Crippen LogP contribution in [0, 0.1) is 11.8 Å². The molecule has 0 fully saturated rings. The van der Waals surface area contributed by atoms with Gasteiger partial charge in [-0.25, -0.2) is 9.59 Å². The van der Waals surface area contributed by atoms with Crippen molar-refractivity contribution in [2.24, 2.45) is 17.6 Å². The van der Waals surface area contributed by atoms with Crippen LogP contribution in [-0.4, -0.2) is 94.3 Å². The number of aliphatic carboxylic acids is 2. The molecule has 3 amide bonds. The van der Waals surface area contributed by atoms with Gasteiger partial charge in [0.05, 0.1) is 24.1 Å². The number of carboxylic acid groups (broad SMARTS) is 3. The molecule has 0 saturated carbocycles. The van der Waals surface area contributed by atoms with Crippen LogP contribution in [0.15, 0.2) is 24.3 Å². The minimum Gasteiger partial charge on any atom is -0.494 e. The highest BCUT2D eigenvalue weighted by molar-refractivity contribution is 5.88. The molecule has 0 aromatic heterocycles. The Morgan fingerprint density at radius 2 is 1.23 bits per heavy atom. The van der Waals surface area contributed by atoms with Gasteiger partial charge in [-0.3, -0.25) is 28.8 Å². The topological polar surface area (TPSA) is 269 Å². The van der Waals surface area contributed by atoms with Crippen LogP contribution in [0.4, 0.5) is 0 Å². The highest BCUT2D eigenvalue weighted by atomic mass is 16.5. The number of carbonyl (C=O) groups excluding carboxylic acids is 5. The van der Waals surface area contributed by atoms with Gasteiger partial charge in [-0.15, -0.1) is 0 Å². The molecule has 1 aromatic rings. The molecule has 0 aliphatic carbocycles. The number of nitrogens with two attached hydrogens (primary N) is 1. The van der Waals surface area contributed by atoms with Crippen molar-refractivity contribution in [3.63, 3.8) is 0 Å². The molecule has 344 valence electrons. The lowest BCUT2D eigenvalue weighted by molar-refractivity contribution is -0.145. The number of ether oxygens (including phenoxy) is 1. The zero-order valence-electron chi connectivity index (χ0n) is 36.4. The molecule has 16 nitrogen and oxygen atoms in total. The summed E-state index contributed by atoms with van der Waals surface area (Å²) in [6, 6.07) is 4.33. The quantitative estimate of drug-likeness (QED) is 0.0378. The predicted molar refractivity (Wildman–Crippen MR) is 230 cm³/mol. The summed E-state index contributed by atoms with van der Waals surface area (Å²) in [5.41, 5.74) is 6.21. The second-order valence-corrected chi connectivity index (χ2v) is 15.7. The van der Waals surface area contributed by atoms with Crippen molar-refractivity contribution in [2.75, 3.05) is 19.7 Å². The van der Waals surface area contributed by atoms with Gasteiger partial charge in [-0.1, -0.05) is 58.8 Å². The Labute approximate surface area is 360 Å². The molecule has 1 rings (SSSR count). The summed E-state index contributed by atoms with van der Waals surface area (Å²) in [5.74, 6) is -5.15. The van der Waals surface area contributed by atoms with E-state index in [9.17, 15) is 48.6 Å². The first-order chi connectivity index (χ1) is 29.2. The largest absolute Gasteiger partial charge is 0.494 e. The van der Waals surface area contributed by atoms with Crippen molar-refractivity contribution < 1.29 is 58.4 Å². The van der Waals surface area contributed by atoms with Gasteiger partial charge >= 0.3 is 17.9 Å². The monoisotopic (exact) mass is 861 g/mol. The Kier molecular flexibility index (Phi) is 29.2. The van der Waals surface area contributed by atoms with Crippen molar-refractivity contribution in [3.8, 4) is 5.75 Å². The highest BCUT2D eigenvalue weighted by Gasteiger charge is 2.25. The lowest BCUT2D eigenvalue weighted by Gasteiger charge is -2.15. The van der Waals surface area contributed by atoms with Crippen LogP contribution < -0.4 is 26.4 Å². The van der Waals surface area contributed by atoms with Gasteiger partial charge in [0.15, 0.2) is 0 Å². The third-order valence-electron chi connectivity index (χ3n) is 10.7. The number of hydrogen-bond donors (Lipinski definition) is 7. The van der Waals surface area contributed by atoms with E-state index in [-0.39, 0.29) is 67.6 Å². The Balaban J connectivity index is 2.18. The zero-order valence-corrected chi connectivity index (χ0v) is 36.4. The molecule has 0 aliphatic heterocycles. The Bertz CT molecular complexity index is 1500.